The second-order valence-corrected chi connectivity index (χ2v) is 4.68. The van der Waals surface area contributed by atoms with Gasteiger partial charge in [0.05, 0.1) is 5.69 Å². The molecule has 0 fully saturated rings. The van der Waals surface area contributed by atoms with Gasteiger partial charge in [0.1, 0.15) is 11.2 Å². The zero-order valence-electron chi connectivity index (χ0n) is 10.3. The lowest BCUT2D eigenvalue weighted by Crippen LogP contribution is -2.27. The molecule has 0 unspecified atom stereocenters. The van der Waals surface area contributed by atoms with Gasteiger partial charge in [-0.25, -0.2) is 9.59 Å². The first kappa shape index (κ1) is 13.1. The molecule has 0 aliphatic rings. The summed E-state index contributed by atoms with van der Waals surface area (Å²) >= 11 is 0. The number of hydrogen-bond donors (Lipinski definition) is 2. The Bertz CT molecular complexity index is 443. The lowest BCUT2D eigenvalue weighted by Gasteiger charge is -2.19. The Morgan fingerprint density at radius 3 is 2.41 bits per heavy atom. The van der Waals surface area contributed by atoms with E-state index in [-0.39, 0.29) is 11.3 Å². The molecular weight excluding hydrogens is 224 g/mol. The van der Waals surface area contributed by atoms with Crippen LogP contribution in [0.3, 0.4) is 0 Å². The van der Waals surface area contributed by atoms with Crippen LogP contribution in [0.5, 0.6) is 0 Å². The van der Waals surface area contributed by atoms with Crippen LogP contribution in [-0.4, -0.2) is 27.3 Å². The second kappa shape index (κ2) is 4.48. The number of amides is 1. The van der Waals surface area contributed by atoms with Crippen LogP contribution in [0.25, 0.3) is 0 Å². The van der Waals surface area contributed by atoms with Gasteiger partial charge in [0.15, 0.2) is 0 Å². The molecule has 1 rings (SSSR count). The molecule has 0 spiro atoms. The first-order chi connectivity index (χ1) is 7.69. The average molecular weight is 240 g/mol. The molecule has 0 saturated heterocycles. The molecule has 2 N–H and O–H groups in total. The van der Waals surface area contributed by atoms with Gasteiger partial charge in [-0.1, -0.05) is 0 Å². The highest BCUT2D eigenvalue weighted by atomic mass is 16.6. The van der Waals surface area contributed by atoms with E-state index in [2.05, 4.69) is 5.32 Å². The SMILES string of the molecule is Cn1cc(NC(=O)OC(C)(C)C)c(C(=O)O)c1. The highest BCUT2D eigenvalue weighted by Gasteiger charge is 2.19. The maximum atomic E-state index is 11.5. The standard InChI is InChI=1S/C11H16N2O4/c1-11(2,3)17-10(16)12-8-6-13(4)5-7(8)9(14)15/h5-6H,1-4H3,(H,12,16)(H,14,15). The minimum Gasteiger partial charge on any atom is -0.478 e. The van der Waals surface area contributed by atoms with E-state index in [0.29, 0.717) is 0 Å². The summed E-state index contributed by atoms with van der Waals surface area (Å²) in [4.78, 5) is 22.4. The number of aromatic nitrogens is 1. The molecule has 0 saturated carbocycles. The summed E-state index contributed by atoms with van der Waals surface area (Å²) in [5.74, 6) is -1.10. The molecule has 0 bridgehead atoms. The Morgan fingerprint density at radius 2 is 1.94 bits per heavy atom. The van der Waals surface area contributed by atoms with Crippen molar-refractivity contribution in [1.29, 1.82) is 0 Å². The van der Waals surface area contributed by atoms with Crippen LogP contribution in [-0.2, 0) is 11.8 Å². The largest absolute Gasteiger partial charge is 0.478 e. The van der Waals surface area contributed by atoms with Crippen molar-refractivity contribution in [1.82, 2.24) is 4.57 Å². The van der Waals surface area contributed by atoms with E-state index in [1.165, 1.54) is 12.4 Å². The summed E-state index contributed by atoms with van der Waals surface area (Å²) in [7, 11) is 1.67. The molecule has 6 nitrogen and oxygen atoms in total. The molecule has 6 heteroatoms. The molecule has 0 atom stereocenters. The van der Waals surface area contributed by atoms with Gasteiger partial charge in [0.2, 0.25) is 0 Å². The van der Waals surface area contributed by atoms with Gasteiger partial charge in [-0.2, -0.15) is 0 Å². The molecule has 0 aromatic carbocycles. The van der Waals surface area contributed by atoms with Crippen molar-refractivity contribution in [3.05, 3.63) is 18.0 Å². The van der Waals surface area contributed by atoms with Gasteiger partial charge in [0.25, 0.3) is 0 Å². The van der Waals surface area contributed by atoms with Crippen molar-refractivity contribution in [3.8, 4) is 0 Å². The van der Waals surface area contributed by atoms with Crippen molar-refractivity contribution in [2.45, 2.75) is 26.4 Å². The summed E-state index contributed by atoms with van der Waals surface area (Å²) < 4.78 is 6.59. The normalized spacial score (nSPS) is 11.1. The number of aryl methyl sites for hydroxylation is 1. The van der Waals surface area contributed by atoms with Crippen molar-refractivity contribution < 1.29 is 19.4 Å². The Balaban J connectivity index is 2.81. The molecule has 17 heavy (non-hydrogen) atoms. The van der Waals surface area contributed by atoms with Crippen molar-refractivity contribution in [2.24, 2.45) is 7.05 Å². The molecule has 0 radical (unpaired) electrons. The molecule has 94 valence electrons. The van der Waals surface area contributed by atoms with Gasteiger partial charge in [0, 0.05) is 19.4 Å². The van der Waals surface area contributed by atoms with Crippen LogP contribution in [0.4, 0.5) is 10.5 Å². The number of hydrogen-bond acceptors (Lipinski definition) is 3. The summed E-state index contributed by atoms with van der Waals surface area (Å²) in [5, 5.41) is 11.3. The smallest absolute Gasteiger partial charge is 0.412 e. The fraction of sp³-hybridized carbons (Fsp3) is 0.455. The molecule has 1 aromatic heterocycles. The molecule has 0 aliphatic heterocycles. The first-order valence-electron chi connectivity index (χ1n) is 5.08. The molecule has 1 amide bonds. The van der Waals surface area contributed by atoms with Gasteiger partial charge in [-0.3, -0.25) is 5.32 Å². The zero-order valence-corrected chi connectivity index (χ0v) is 10.3. The highest BCUT2D eigenvalue weighted by Crippen LogP contribution is 2.17. The number of carbonyl (C=O) groups is 2. The summed E-state index contributed by atoms with van der Waals surface area (Å²) in [6.45, 7) is 5.20. The van der Waals surface area contributed by atoms with Crippen LogP contribution in [0.15, 0.2) is 12.4 Å². The molecule has 1 heterocycles. The first-order valence-corrected chi connectivity index (χ1v) is 5.08. The topological polar surface area (TPSA) is 80.6 Å². The molecule has 0 aliphatic carbocycles. The van der Waals surface area contributed by atoms with Gasteiger partial charge >= 0.3 is 12.1 Å². The number of nitrogens with one attached hydrogen (secondary N) is 1. The third-order valence-corrected chi connectivity index (χ3v) is 1.82. The number of rotatable bonds is 2. The third-order valence-electron chi connectivity index (χ3n) is 1.82. The fourth-order valence-electron chi connectivity index (χ4n) is 1.27. The summed E-state index contributed by atoms with van der Waals surface area (Å²) in [5.41, 5.74) is -0.380. The van der Waals surface area contributed by atoms with Crippen molar-refractivity contribution in [2.75, 3.05) is 5.32 Å². The zero-order chi connectivity index (χ0) is 13.2. The van der Waals surface area contributed by atoms with Crippen molar-refractivity contribution >= 4 is 17.7 Å². The summed E-state index contributed by atoms with van der Waals surface area (Å²) in [6, 6.07) is 0. The van der Waals surface area contributed by atoms with E-state index < -0.39 is 17.7 Å². The predicted octanol–water partition coefficient (Wildman–Crippen LogP) is 2.07. The van der Waals surface area contributed by atoms with Crippen LogP contribution < -0.4 is 5.32 Å². The van der Waals surface area contributed by atoms with Gasteiger partial charge in [-0.15, -0.1) is 0 Å². The number of carboxylic acids is 1. The lowest BCUT2D eigenvalue weighted by molar-refractivity contribution is 0.0636. The van der Waals surface area contributed by atoms with Crippen LogP contribution in [0, 0.1) is 0 Å². The van der Waals surface area contributed by atoms with E-state index in [9.17, 15) is 9.59 Å². The Hall–Kier alpha value is -1.98. The van der Waals surface area contributed by atoms with Crippen molar-refractivity contribution in [3.63, 3.8) is 0 Å². The van der Waals surface area contributed by atoms with E-state index >= 15 is 0 Å². The minimum absolute atomic E-state index is 0.0263. The monoisotopic (exact) mass is 240 g/mol. The average Bonchev–Trinajstić information content (AvgIpc) is 2.42. The summed E-state index contributed by atoms with van der Waals surface area (Å²) in [6.07, 6.45) is 2.24. The van der Waals surface area contributed by atoms with Gasteiger partial charge in [-0.05, 0) is 20.8 Å². The predicted molar refractivity (Wildman–Crippen MR) is 62.2 cm³/mol. The highest BCUT2D eigenvalue weighted by molar-refractivity contribution is 5.98. The van der Waals surface area contributed by atoms with E-state index in [4.69, 9.17) is 9.84 Å². The third kappa shape index (κ3) is 3.82. The van der Waals surface area contributed by atoms with Crippen LogP contribution >= 0.6 is 0 Å². The number of carbonyl (C=O) groups excluding carboxylic acids is 1. The van der Waals surface area contributed by atoms with E-state index in [1.807, 2.05) is 0 Å². The number of carboxylic acid groups (broad SMARTS) is 1. The maximum Gasteiger partial charge on any atom is 0.412 e. The van der Waals surface area contributed by atoms with Crippen LogP contribution in [0.2, 0.25) is 0 Å². The number of nitrogens with zero attached hydrogens (tertiary/aromatic N) is 1. The molecule has 1 aromatic rings. The quantitative estimate of drug-likeness (QED) is 0.829. The van der Waals surface area contributed by atoms with E-state index in [1.54, 1.807) is 32.4 Å². The number of anilines is 1. The second-order valence-electron chi connectivity index (χ2n) is 4.68. The van der Waals surface area contributed by atoms with Crippen LogP contribution in [0.1, 0.15) is 31.1 Å². The van der Waals surface area contributed by atoms with Gasteiger partial charge < -0.3 is 14.4 Å². The Labute approximate surface area is 99.2 Å². The Morgan fingerprint density at radius 1 is 1.35 bits per heavy atom. The number of ether oxygens (including phenoxy) is 1. The minimum atomic E-state index is -1.10. The fourth-order valence-corrected chi connectivity index (χ4v) is 1.27. The lowest BCUT2D eigenvalue weighted by atomic mass is 10.2. The molecular formula is C11H16N2O4. The Kier molecular flexibility index (Phi) is 3.45. The van der Waals surface area contributed by atoms with E-state index in [0.717, 1.165) is 0 Å². The number of aromatic carboxylic acids is 1. The maximum absolute atomic E-state index is 11.5.